The van der Waals surface area contributed by atoms with Gasteiger partial charge < -0.3 is 9.64 Å². The smallest absolute Gasteiger partial charge is 0.306 e. The molecule has 4 nitrogen and oxygen atoms in total. The van der Waals surface area contributed by atoms with Crippen LogP contribution in [0.2, 0.25) is 10.0 Å². The van der Waals surface area contributed by atoms with Gasteiger partial charge in [-0.3, -0.25) is 4.79 Å². The SMILES string of the molecule is O=C(CCc1cccc(Cl)c1)OC1CCN(c2ccc(Cl)cn2)CC1. The summed E-state index contributed by atoms with van der Waals surface area (Å²) in [5, 5.41) is 1.32. The van der Waals surface area contributed by atoms with E-state index in [-0.39, 0.29) is 12.1 Å². The molecule has 0 spiro atoms. The quantitative estimate of drug-likeness (QED) is 0.716. The minimum atomic E-state index is -0.150. The first-order chi connectivity index (χ1) is 12.1. The second-order valence-electron chi connectivity index (χ2n) is 6.14. The van der Waals surface area contributed by atoms with Crippen molar-refractivity contribution in [1.82, 2.24) is 4.98 Å². The number of aryl methyl sites for hydroxylation is 1. The van der Waals surface area contributed by atoms with Gasteiger partial charge in [-0.1, -0.05) is 35.3 Å². The summed E-state index contributed by atoms with van der Waals surface area (Å²) in [5.41, 5.74) is 1.05. The van der Waals surface area contributed by atoms with E-state index >= 15 is 0 Å². The fraction of sp³-hybridized carbons (Fsp3) is 0.368. The highest BCUT2D eigenvalue weighted by Gasteiger charge is 2.23. The Morgan fingerprint density at radius 3 is 2.64 bits per heavy atom. The van der Waals surface area contributed by atoms with Crippen molar-refractivity contribution in [3.63, 3.8) is 0 Å². The van der Waals surface area contributed by atoms with Gasteiger partial charge >= 0.3 is 5.97 Å². The first-order valence-electron chi connectivity index (χ1n) is 8.40. The van der Waals surface area contributed by atoms with Gasteiger partial charge in [0.2, 0.25) is 0 Å². The third-order valence-corrected chi connectivity index (χ3v) is 4.74. The summed E-state index contributed by atoms with van der Waals surface area (Å²) >= 11 is 11.8. The highest BCUT2D eigenvalue weighted by atomic mass is 35.5. The summed E-state index contributed by atoms with van der Waals surface area (Å²) in [6.07, 6.45) is 4.28. The highest BCUT2D eigenvalue weighted by molar-refractivity contribution is 6.30. The molecule has 0 N–H and O–H groups in total. The summed E-state index contributed by atoms with van der Waals surface area (Å²) in [6.45, 7) is 1.64. The molecule has 132 valence electrons. The number of halogens is 2. The zero-order chi connectivity index (χ0) is 17.6. The Morgan fingerprint density at radius 2 is 1.96 bits per heavy atom. The number of ether oxygens (including phenoxy) is 1. The van der Waals surface area contributed by atoms with Crippen LogP contribution in [0.1, 0.15) is 24.8 Å². The van der Waals surface area contributed by atoms with Crippen molar-refractivity contribution in [3.05, 3.63) is 58.2 Å². The van der Waals surface area contributed by atoms with Crippen molar-refractivity contribution in [2.24, 2.45) is 0 Å². The number of hydrogen-bond donors (Lipinski definition) is 0. The van der Waals surface area contributed by atoms with E-state index in [1.807, 2.05) is 36.4 Å². The molecule has 1 aliphatic rings. The number of hydrogen-bond acceptors (Lipinski definition) is 4. The summed E-state index contributed by atoms with van der Waals surface area (Å²) in [6, 6.07) is 11.3. The fourth-order valence-corrected chi connectivity index (χ4v) is 3.27. The second kappa shape index (κ2) is 8.54. The van der Waals surface area contributed by atoms with Gasteiger partial charge in [0.25, 0.3) is 0 Å². The van der Waals surface area contributed by atoms with Crippen LogP contribution in [0.25, 0.3) is 0 Å². The Labute approximate surface area is 157 Å². The van der Waals surface area contributed by atoms with Crippen LogP contribution in [0.3, 0.4) is 0 Å². The van der Waals surface area contributed by atoms with Crippen LogP contribution in [0.15, 0.2) is 42.6 Å². The first-order valence-corrected chi connectivity index (χ1v) is 9.16. The van der Waals surface area contributed by atoms with Crippen molar-refractivity contribution in [2.45, 2.75) is 31.8 Å². The average Bonchev–Trinajstić information content (AvgIpc) is 2.62. The summed E-state index contributed by atoms with van der Waals surface area (Å²) < 4.78 is 5.61. The number of carbonyl (C=O) groups is 1. The maximum atomic E-state index is 12.1. The molecule has 0 aliphatic carbocycles. The maximum absolute atomic E-state index is 12.1. The van der Waals surface area contributed by atoms with E-state index in [0.717, 1.165) is 37.3 Å². The second-order valence-corrected chi connectivity index (χ2v) is 7.01. The molecule has 2 heterocycles. The van der Waals surface area contributed by atoms with Crippen LogP contribution in [0.5, 0.6) is 0 Å². The van der Waals surface area contributed by atoms with Gasteiger partial charge in [0.1, 0.15) is 11.9 Å². The van der Waals surface area contributed by atoms with Crippen LogP contribution >= 0.6 is 23.2 Å². The van der Waals surface area contributed by atoms with Crippen LogP contribution in [0, 0.1) is 0 Å². The number of benzene rings is 1. The maximum Gasteiger partial charge on any atom is 0.306 e. The molecule has 0 bridgehead atoms. The molecule has 25 heavy (non-hydrogen) atoms. The van der Waals surface area contributed by atoms with Crippen LogP contribution in [-0.4, -0.2) is 30.1 Å². The third kappa shape index (κ3) is 5.35. The highest BCUT2D eigenvalue weighted by Crippen LogP contribution is 2.21. The molecule has 1 saturated heterocycles. The van der Waals surface area contributed by atoms with Gasteiger partial charge in [0, 0.05) is 43.6 Å². The zero-order valence-electron chi connectivity index (χ0n) is 13.8. The molecule has 6 heteroatoms. The minimum Gasteiger partial charge on any atom is -0.462 e. The number of nitrogens with zero attached hydrogens (tertiary/aromatic N) is 2. The monoisotopic (exact) mass is 378 g/mol. The Balaban J connectivity index is 1.42. The molecule has 1 aliphatic heterocycles. The number of anilines is 1. The zero-order valence-corrected chi connectivity index (χ0v) is 15.3. The van der Waals surface area contributed by atoms with Gasteiger partial charge in [-0.05, 0) is 36.2 Å². The van der Waals surface area contributed by atoms with Crippen LogP contribution in [-0.2, 0) is 16.0 Å². The molecular weight excluding hydrogens is 359 g/mol. The lowest BCUT2D eigenvalue weighted by atomic mass is 10.1. The predicted octanol–water partition coefficient (Wildman–Crippen LogP) is 4.53. The summed E-state index contributed by atoms with van der Waals surface area (Å²) in [4.78, 5) is 18.6. The molecule has 0 unspecified atom stereocenters. The first kappa shape index (κ1) is 18.0. The molecule has 1 fully saturated rings. The Hall–Kier alpha value is -1.78. The van der Waals surface area contributed by atoms with Crippen molar-refractivity contribution in [2.75, 3.05) is 18.0 Å². The van der Waals surface area contributed by atoms with E-state index < -0.39 is 0 Å². The lowest BCUT2D eigenvalue weighted by Gasteiger charge is -2.32. The molecule has 0 radical (unpaired) electrons. The number of pyridine rings is 1. The third-order valence-electron chi connectivity index (χ3n) is 4.28. The van der Waals surface area contributed by atoms with Crippen molar-refractivity contribution >= 4 is 35.0 Å². The number of esters is 1. The Kier molecular flexibility index (Phi) is 6.16. The number of aromatic nitrogens is 1. The van der Waals surface area contributed by atoms with Gasteiger partial charge in [-0.2, -0.15) is 0 Å². The van der Waals surface area contributed by atoms with Gasteiger partial charge in [-0.25, -0.2) is 4.98 Å². The fourth-order valence-electron chi connectivity index (χ4n) is 2.94. The topological polar surface area (TPSA) is 42.4 Å². The molecule has 3 rings (SSSR count). The van der Waals surface area contributed by atoms with Crippen molar-refractivity contribution in [1.29, 1.82) is 0 Å². The van der Waals surface area contributed by atoms with E-state index in [1.165, 1.54) is 0 Å². The standard InChI is InChI=1S/C19H20Cl2N2O2/c20-15-3-1-2-14(12-15)4-7-19(24)25-17-8-10-23(11-9-17)18-6-5-16(21)13-22-18/h1-3,5-6,12-13,17H,4,7-11H2. The van der Waals surface area contributed by atoms with Gasteiger partial charge in [-0.15, -0.1) is 0 Å². The van der Waals surface area contributed by atoms with Crippen molar-refractivity contribution in [3.8, 4) is 0 Å². The summed E-state index contributed by atoms with van der Waals surface area (Å²) in [5.74, 6) is 0.762. The average molecular weight is 379 g/mol. The van der Waals surface area contributed by atoms with E-state index in [1.54, 1.807) is 6.20 Å². The van der Waals surface area contributed by atoms with Crippen LogP contribution < -0.4 is 4.90 Å². The van der Waals surface area contributed by atoms with Gasteiger partial charge in [0.05, 0.1) is 5.02 Å². The van der Waals surface area contributed by atoms with E-state index in [4.69, 9.17) is 27.9 Å². The molecule has 0 amide bonds. The molecule has 0 atom stereocenters. The van der Waals surface area contributed by atoms with E-state index in [0.29, 0.717) is 22.9 Å². The molecular formula is C19H20Cl2N2O2. The lowest BCUT2D eigenvalue weighted by Crippen LogP contribution is -2.38. The Morgan fingerprint density at radius 1 is 1.16 bits per heavy atom. The largest absolute Gasteiger partial charge is 0.462 e. The molecule has 1 aromatic carbocycles. The molecule has 0 saturated carbocycles. The number of piperidine rings is 1. The number of carbonyl (C=O) groups excluding carboxylic acids is 1. The Bertz CT molecular complexity index is 714. The van der Waals surface area contributed by atoms with Crippen LogP contribution in [0.4, 0.5) is 5.82 Å². The molecule has 1 aromatic heterocycles. The van der Waals surface area contributed by atoms with Gasteiger partial charge in [0.15, 0.2) is 0 Å². The lowest BCUT2D eigenvalue weighted by molar-refractivity contribution is -0.149. The van der Waals surface area contributed by atoms with Crippen molar-refractivity contribution < 1.29 is 9.53 Å². The number of rotatable bonds is 5. The molecule has 2 aromatic rings. The summed E-state index contributed by atoms with van der Waals surface area (Å²) in [7, 11) is 0. The normalized spacial score (nSPS) is 15.2. The minimum absolute atomic E-state index is 0.0181. The van der Waals surface area contributed by atoms with E-state index in [2.05, 4.69) is 9.88 Å². The van der Waals surface area contributed by atoms with E-state index in [9.17, 15) is 4.79 Å². The predicted molar refractivity (Wildman–Crippen MR) is 100 cm³/mol.